The molecule has 0 aliphatic rings. The zero-order valence-corrected chi connectivity index (χ0v) is 11.5. The van der Waals surface area contributed by atoms with Crippen LogP contribution in [0, 0.1) is 13.8 Å². The Hall–Kier alpha value is -2.23. The van der Waals surface area contributed by atoms with E-state index in [1.165, 1.54) is 5.56 Å². The van der Waals surface area contributed by atoms with Gasteiger partial charge in [-0.05, 0) is 42.7 Å². The summed E-state index contributed by atoms with van der Waals surface area (Å²) >= 11 is 0. The topological polar surface area (TPSA) is 60.2 Å². The Morgan fingerprint density at radius 1 is 1.21 bits per heavy atom. The maximum atomic E-state index is 5.74. The summed E-state index contributed by atoms with van der Waals surface area (Å²) in [5.41, 5.74) is 9.81. The minimum Gasteiger partial charge on any atom is -0.496 e. The van der Waals surface area contributed by atoms with Gasteiger partial charge in [0, 0.05) is 6.54 Å². The first-order chi connectivity index (χ1) is 9.10. The number of rotatable bonds is 4. The normalized spacial score (nSPS) is 10.3. The molecule has 0 fully saturated rings. The number of ether oxygens (including phenoxy) is 1. The summed E-state index contributed by atoms with van der Waals surface area (Å²) in [6, 6.07) is 8.08. The summed E-state index contributed by atoms with van der Waals surface area (Å²) in [6.07, 6.45) is 1.68. The monoisotopic (exact) mass is 257 g/mol. The van der Waals surface area contributed by atoms with Gasteiger partial charge in [0.1, 0.15) is 11.6 Å². The first-order valence-electron chi connectivity index (χ1n) is 6.19. The zero-order chi connectivity index (χ0) is 13.8. The van der Waals surface area contributed by atoms with Gasteiger partial charge in [0.15, 0.2) is 0 Å². The molecule has 0 aliphatic carbocycles. The molecule has 2 rings (SSSR count). The van der Waals surface area contributed by atoms with Gasteiger partial charge >= 0.3 is 0 Å². The summed E-state index contributed by atoms with van der Waals surface area (Å²) in [5.74, 6) is 1.74. The molecule has 0 amide bonds. The molecule has 1 aromatic carbocycles. The fourth-order valence-electron chi connectivity index (χ4n) is 1.91. The van der Waals surface area contributed by atoms with Crippen molar-refractivity contribution in [2.45, 2.75) is 20.4 Å². The van der Waals surface area contributed by atoms with Gasteiger partial charge in [-0.1, -0.05) is 12.1 Å². The summed E-state index contributed by atoms with van der Waals surface area (Å²) in [7, 11) is 1.68. The minimum atomic E-state index is 0.714. The molecule has 100 valence electrons. The zero-order valence-electron chi connectivity index (χ0n) is 11.5. The van der Waals surface area contributed by atoms with E-state index in [0.29, 0.717) is 5.69 Å². The van der Waals surface area contributed by atoms with Crippen LogP contribution in [0.5, 0.6) is 5.75 Å². The van der Waals surface area contributed by atoms with E-state index < -0.39 is 0 Å². The van der Waals surface area contributed by atoms with Crippen molar-refractivity contribution in [1.29, 1.82) is 0 Å². The Labute approximate surface area is 113 Å². The predicted molar refractivity (Wildman–Crippen MR) is 78.4 cm³/mol. The third-order valence-electron chi connectivity index (χ3n) is 3.08. The molecule has 0 atom stereocenters. The quantitative estimate of drug-likeness (QED) is 0.884. The summed E-state index contributed by atoms with van der Waals surface area (Å²) in [5, 5.41) is 3.29. The lowest BCUT2D eigenvalue weighted by molar-refractivity contribution is 0.411. The second-order valence-electron chi connectivity index (χ2n) is 4.58. The van der Waals surface area contributed by atoms with Gasteiger partial charge in [-0.3, -0.25) is 0 Å². The third kappa shape index (κ3) is 3.16. The van der Waals surface area contributed by atoms with Gasteiger partial charge in [0.2, 0.25) is 0 Å². The Kier molecular flexibility index (Phi) is 3.90. The van der Waals surface area contributed by atoms with Crippen molar-refractivity contribution in [2.75, 3.05) is 18.2 Å². The molecule has 0 saturated carbocycles. The number of pyridine rings is 1. The third-order valence-corrected chi connectivity index (χ3v) is 3.08. The van der Waals surface area contributed by atoms with E-state index in [1.807, 2.05) is 32.0 Å². The summed E-state index contributed by atoms with van der Waals surface area (Å²) < 4.78 is 5.24. The molecular formula is C15H19N3O. The maximum absolute atomic E-state index is 5.74. The van der Waals surface area contributed by atoms with Crippen molar-refractivity contribution in [3.05, 3.63) is 47.2 Å². The number of nitrogen functional groups attached to an aromatic ring is 1. The lowest BCUT2D eigenvalue weighted by Crippen LogP contribution is -2.03. The maximum Gasteiger partial charge on any atom is 0.126 e. The molecular weight excluding hydrogens is 238 g/mol. The van der Waals surface area contributed by atoms with Crippen LogP contribution in [0.25, 0.3) is 0 Å². The van der Waals surface area contributed by atoms with Gasteiger partial charge in [-0.2, -0.15) is 0 Å². The predicted octanol–water partition coefficient (Wildman–Crippen LogP) is 2.90. The van der Waals surface area contributed by atoms with E-state index in [4.69, 9.17) is 10.5 Å². The van der Waals surface area contributed by atoms with Crippen LogP contribution >= 0.6 is 0 Å². The molecule has 0 saturated heterocycles. The molecule has 0 aliphatic heterocycles. The second kappa shape index (κ2) is 5.61. The minimum absolute atomic E-state index is 0.714. The number of nitrogens with one attached hydrogen (secondary N) is 1. The van der Waals surface area contributed by atoms with Crippen LogP contribution in [0.1, 0.15) is 16.7 Å². The molecule has 2 aromatic rings. The highest BCUT2D eigenvalue weighted by atomic mass is 16.5. The molecule has 0 bridgehead atoms. The average molecular weight is 257 g/mol. The molecule has 0 spiro atoms. The van der Waals surface area contributed by atoms with Gasteiger partial charge in [0.05, 0.1) is 19.0 Å². The van der Waals surface area contributed by atoms with Gasteiger partial charge in [0.25, 0.3) is 0 Å². The number of benzene rings is 1. The summed E-state index contributed by atoms with van der Waals surface area (Å²) in [4.78, 5) is 4.25. The van der Waals surface area contributed by atoms with E-state index in [-0.39, 0.29) is 0 Å². The Morgan fingerprint density at radius 3 is 2.63 bits per heavy atom. The smallest absolute Gasteiger partial charge is 0.126 e. The van der Waals surface area contributed by atoms with Gasteiger partial charge in [-0.25, -0.2) is 4.98 Å². The number of nitrogens with zero attached hydrogens (tertiary/aromatic N) is 1. The lowest BCUT2D eigenvalue weighted by atomic mass is 10.1. The van der Waals surface area contributed by atoms with Crippen molar-refractivity contribution in [2.24, 2.45) is 0 Å². The SMILES string of the molecule is COc1ccc(CNc2cc(C)c(N)cn2)cc1C. The van der Waals surface area contributed by atoms with Crippen LogP contribution in [0.4, 0.5) is 11.5 Å². The summed E-state index contributed by atoms with van der Waals surface area (Å²) in [6.45, 7) is 4.73. The standard InChI is InChI=1S/C15H19N3O/c1-10-7-15(18-9-13(10)16)17-8-12-4-5-14(19-3)11(2)6-12/h4-7,9H,8,16H2,1-3H3,(H,17,18). The molecule has 4 nitrogen and oxygen atoms in total. The molecule has 1 heterocycles. The van der Waals surface area contributed by atoms with E-state index in [9.17, 15) is 0 Å². The Morgan fingerprint density at radius 2 is 2.00 bits per heavy atom. The number of hydrogen-bond acceptors (Lipinski definition) is 4. The number of hydrogen-bond donors (Lipinski definition) is 2. The molecule has 1 aromatic heterocycles. The highest BCUT2D eigenvalue weighted by Crippen LogP contribution is 2.19. The number of nitrogens with two attached hydrogens (primary N) is 1. The number of methoxy groups -OCH3 is 1. The van der Waals surface area contributed by atoms with E-state index in [2.05, 4.69) is 16.4 Å². The van der Waals surface area contributed by atoms with E-state index in [1.54, 1.807) is 13.3 Å². The van der Waals surface area contributed by atoms with Crippen LogP contribution in [0.3, 0.4) is 0 Å². The second-order valence-corrected chi connectivity index (χ2v) is 4.58. The largest absolute Gasteiger partial charge is 0.496 e. The van der Waals surface area contributed by atoms with Crippen molar-refractivity contribution in [3.63, 3.8) is 0 Å². The fourth-order valence-corrected chi connectivity index (χ4v) is 1.91. The van der Waals surface area contributed by atoms with Crippen molar-refractivity contribution >= 4 is 11.5 Å². The molecule has 19 heavy (non-hydrogen) atoms. The Balaban J connectivity index is 2.05. The van der Waals surface area contributed by atoms with Crippen molar-refractivity contribution in [1.82, 2.24) is 4.98 Å². The number of aryl methyl sites for hydroxylation is 2. The van der Waals surface area contributed by atoms with Crippen LogP contribution in [0.15, 0.2) is 30.5 Å². The Bertz CT molecular complexity index is 582. The molecule has 3 N–H and O–H groups in total. The highest BCUT2D eigenvalue weighted by Gasteiger charge is 2.01. The van der Waals surface area contributed by atoms with Gasteiger partial charge in [-0.15, -0.1) is 0 Å². The fraction of sp³-hybridized carbons (Fsp3) is 0.267. The first kappa shape index (κ1) is 13.2. The lowest BCUT2D eigenvalue weighted by Gasteiger charge is -2.10. The molecule has 0 radical (unpaired) electrons. The van der Waals surface area contributed by atoms with Crippen LogP contribution in [-0.2, 0) is 6.54 Å². The number of aromatic nitrogens is 1. The van der Waals surface area contributed by atoms with Gasteiger partial charge < -0.3 is 15.8 Å². The van der Waals surface area contributed by atoms with Crippen molar-refractivity contribution in [3.8, 4) is 5.75 Å². The molecule has 0 unspecified atom stereocenters. The highest BCUT2D eigenvalue weighted by molar-refractivity contribution is 5.51. The average Bonchev–Trinajstić information content (AvgIpc) is 2.40. The van der Waals surface area contributed by atoms with Crippen LogP contribution < -0.4 is 15.8 Å². The van der Waals surface area contributed by atoms with Crippen molar-refractivity contribution < 1.29 is 4.74 Å². The first-order valence-corrected chi connectivity index (χ1v) is 6.19. The van der Waals surface area contributed by atoms with E-state index in [0.717, 1.165) is 29.2 Å². The van der Waals surface area contributed by atoms with Crippen LogP contribution in [-0.4, -0.2) is 12.1 Å². The molecule has 4 heteroatoms. The van der Waals surface area contributed by atoms with E-state index >= 15 is 0 Å². The number of anilines is 2. The van der Waals surface area contributed by atoms with Crippen LogP contribution in [0.2, 0.25) is 0 Å².